The molecule has 1 aromatic carbocycles. The lowest BCUT2D eigenvalue weighted by atomic mass is 10.1. The number of carboxylic acids is 1. The summed E-state index contributed by atoms with van der Waals surface area (Å²) in [4.78, 5) is 25.4. The number of carbonyl (C=O) groups excluding carboxylic acids is 1. The second-order valence-electron chi connectivity index (χ2n) is 5.33. The van der Waals surface area contributed by atoms with Gasteiger partial charge in [-0.25, -0.2) is 8.78 Å². The zero-order chi connectivity index (χ0) is 18.4. The fourth-order valence-electron chi connectivity index (χ4n) is 2.28. The molecule has 0 aliphatic carbocycles. The number of ether oxygens (including phenoxy) is 1. The number of aliphatic carboxylic acids is 1. The molecule has 0 saturated heterocycles. The summed E-state index contributed by atoms with van der Waals surface area (Å²) >= 11 is 1.22. The lowest BCUT2D eigenvalue weighted by Gasteiger charge is -2.22. The van der Waals surface area contributed by atoms with E-state index in [1.165, 1.54) is 29.4 Å². The molecule has 2 aromatic rings. The smallest absolute Gasteiger partial charge is 0.305 e. The van der Waals surface area contributed by atoms with E-state index in [0.717, 1.165) is 12.1 Å². The molecule has 5 nitrogen and oxygen atoms in total. The van der Waals surface area contributed by atoms with Crippen molar-refractivity contribution >= 4 is 23.2 Å². The van der Waals surface area contributed by atoms with Gasteiger partial charge in [0.2, 0.25) is 0 Å². The van der Waals surface area contributed by atoms with Crippen LogP contribution in [0.25, 0.3) is 0 Å². The average molecular weight is 369 g/mol. The number of carboxylic acid groups (broad SMARTS) is 1. The minimum Gasteiger partial charge on any atom is -0.481 e. The maximum absolute atomic E-state index is 13.4. The largest absolute Gasteiger partial charge is 0.481 e. The summed E-state index contributed by atoms with van der Waals surface area (Å²) in [6.07, 6.45) is -0.250. The Labute approximate surface area is 147 Å². The van der Waals surface area contributed by atoms with Crippen LogP contribution < -0.4 is 0 Å². The van der Waals surface area contributed by atoms with Crippen LogP contribution in [0.1, 0.15) is 27.2 Å². The van der Waals surface area contributed by atoms with Crippen LogP contribution in [0, 0.1) is 11.6 Å². The topological polar surface area (TPSA) is 66.8 Å². The van der Waals surface area contributed by atoms with Crippen molar-refractivity contribution in [1.29, 1.82) is 0 Å². The van der Waals surface area contributed by atoms with E-state index < -0.39 is 17.6 Å². The number of nitrogens with zero attached hydrogens (tertiary/aromatic N) is 1. The van der Waals surface area contributed by atoms with E-state index in [1.54, 1.807) is 11.4 Å². The SMILES string of the molecule is COCc1ccsc1C(=O)N(CCC(=O)O)Cc1ccc(F)c(F)c1. The summed E-state index contributed by atoms with van der Waals surface area (Å²) in [5.41, 5.74) is 1.07. The van der Waals surface area contributed by atoms with Gasteiger partial charge in [0.05, 0.1) is 17.9 Å². The number of amides is 1. The van der Waals surface area contributed by atoms with E-state index in [-0.39, 0.29) is 32.0 Å². The monoisotopic (exact) mass is 369 g/mol. The second kappa shape index (κ2) is 8.68. The maximum atomic E-state index is 13.4. The molecule has 0 aliphatic heterocycles. The Kier molecular flexibility index (Phi) is 6.60. The highest BCUT2D eigenvalue weighted by Gasteiger charge is 2.21. The molecule has 0 saturated carbocycles. The molecule has 1 heterocycles. The number of methoxy groups -OCH3 is 1. The summed E-state index contributed by atoms with van der Waals surface area (Å²) in [6.45, 7) is 0.188. The fraction of sp³-hybridized carbons (Fsp3) is 0.294. The number of halogens is 2. The minimum atomic E-state index is -1.05. The highest BCUT2D eigenvalue weighted by molar-refractivity contribution is 7.12. The molecule has 134 valence electrons. The molecule has 8 heteroatoms. The van der Waals surface area contributed by atoms with Crippen LogP contribution in [0.3, 0.4) is 0 Å². The van der Waals surface area contributed by atoms with Gasteiger partial charge in [0.1, 0.15) is 0 Å². The normalized spacial score (nSPS) is 10.7. The van der Waals surface area contributed by atoms with Gasteiger partial charge in [-0.2, -0.15) is 0 Å². The Balaban J connectivity index is 2.24. The van der Waals surface area contributed by atoms with E-state index in [0.29, 0.717) is 16.0 Å². The van der Waals surface area contributed by atoms with Crippen molar-refractivity contribution in [2.75, 3.05) is 13.7 Å². The average Bonchev–Trinajstić information content (AvgIpc) is 3.02. The van der Waals surface area contributed by atoms with E-state index in [9.17, 15) is 18.4 Å². The lowest BCUT2D eigenvalue weighted by Crippen LogP contribution is -2.32. The molecule has 1 aromatic heterocycles. The molecule has 2 rings (SSSR count). The Hall–Kier alpha value is -2.32. The highest BCUT2D eigenvalue weighted by atomic mass is 32.1. The zero-order valence-electron chi connectivity index (χ0n) is 13.5. The summed E-state index contributed by atoms with van der Waals surface area (Å²) in [5, 5.41) is 10.6. The third-order valence-corrected chi connectivity index (χ3v) is 4.43. The second-order valence-corrected chi connectivity index (χ2v) is 6.24. The van der Waals surface area contributed by atoms with Gasteiger partial charge in [-0.3, -0.25) is 9.59 Å². The fourth-order valence-corrected chi connectivity index (χ4v) is 3.15. The first-order chi connectivity index (χ1) is 11.9. The van der Waals surface area contributed by atoms with Gasteiger partial charge in [-0.1, -0.05) is 6.07 Å². The van der Waals surface area contributed by atoms with Gasteiger partial charge in [-0.05, 0) is 29.1 Å². The van der Waals surface area contributed by atoms with Crippen LogP contribution in [0.5, 0.6) is 0 Å². The van der Waals surface area contributed by atoms with Crippen molar-refractivity contribution < 1.29 is 28.2 Å². The molecule has 0 atom stereocenters. The van der Waals surface area contributed by atoms with E-state index in [1.807, 2.05) is 0 Å². The Morgan fingerprint density at radius 3 is 2.64 bits per heavy atom. The van der Waals surface area contributed by atoms with Gasteiger partial charge in [0.15, 0.2) is 11.6 Å². The number of benzene rings is 1. The van der Waals surface area contributed by atoms with Crippen LogP contribution in [0.15, 0.2) is 29.6 Å². The molecule has 0 unspecified atom stereocenters. The third kappa shape index (κ3) is 5.07. The van der Waals surface area contributed by atoms with E-state index in [2.05, 4.69) is 0 Å². The maximum Gasteiger partial charge on any atom is 0.305 e. The molecule has 0 bridgehead atoms. The summed E-state index contributed by atoms with van der Waals surface area (Å²) < 4.78 is 31.5. The first-order valence-corrected chi connectivity index (χ1v) is 8.30. The third-order valence-electron chi connectivity index (χ3n) is 3.48. The van der Waals surface area contributed by atoms with Crippen molar-refractivity contribution in [3.05, 3.63) is 57.3 Å². The Morgan fingerprint density at radius 2 is 2.00 bits per heavy atom. The van der Waals surface area contributed by atoms with Crippen molar-refractivity contribution in [3.8, 4) is 0 Å². The predicted molar refractivity (Wildman–Crippen MR) is 88.4 cm³/mol. The summed E-state index contributed by atoms with van der Waals surface area (Å²) in [7, 11) is 1.51. The molecule has 0 radical (unpaired) electrons. The molecule has 25 heavy (non-hydrogen) atoms. The number of hydrogen-bond acceptors (Lipinski definition) is 4. The van der Waals surface area contributed by atoms with Crippen molar-refractivity contribution in [3.63, 3.8) is 0 Å². The Bertz CT molecular complexity index is 763. The first kappa shape index (κ1) is 19.0. The number of thiophene rings is 1. The molecule has 0 aliphatic rings. The van der Waals surface area contributed by atoms with Crippen molar-refractivity contribution in [1.82, 2.24) is 4.90 Å². The number of hydrogen-bond donors (Lipinski definition) is 1. The van der Waals surface area contributed by atoms with Crippen LogP contribution in [0.4, 0.5) is 8.78 Å². The number of rotatable bonds is 8. The standard InChI is InChI=1S/C17H17F2NO4S/c1-24-10-12-5-7-25-16(12)17(23)20(6-4-15(21)22)9-11-2-3-13(18)14(19)8-11/h2-3,5,7-8H,4,6,9-10H2,1H3,(H,21,22). The first-order valence-electron chi connectivity index (χ1n) is 7.42. The molecular weight excluding hydrogens is 352 g/mol. The predicted octanol–water partition coefficient (Wildman–Crippen LogP) is 3.29. The van der Waals surface area contributed by atoms with Gasteiger partial charge >= 0.3 is 5.97 Å². The van der Waals surface area contributed by atoms with Crippen LogP contribution in [-0.2, 0) is 22.7 Å². The summed E-state index contributed by atoms with van der Waals surface area (Å²) in [6, 6.07) is 5.10. The molecular formula is C17H17F2NO4S. The zero-order valence-corrected chi connectivity index (χ0v) is 14.3. The number of carbonyl (C=O) groups is 2. The van der Waals surface area contributed by atoms with E-state index in [4.69, 9.17) is 9.84 Å². The van der Waals surface area contributed by atoms with Crippen LogP contribution >= 0.6 is 11.3 Å². The van der Waals surface area contributed by atoms with Gasteiger partial charge in [-0.15, -0.1) is 11.3 Å². The van der Waals surface area contributed by atoms with Gasteiger partial charge in [0, 0.05) is 25.8 Å². The van der Waals surface area contributed by atoms with Crippen molar-refractivity contribution in [2.24, 2.45) is 0 Å². The van der Waals surface area contributed by atoms with Gasteiger partial charge < -0.3 is 14.7 Å². The van der Waals surface area contributed by atoms with E-state index >= 15 is 0 Å². The molecule has 0 fully saturated rings. The minimum absolute atomic E-state index is 0.0202. The lowest BCUT2D eigenvalue weighted by molar-refractivity contribution is -0.137. The Morgan fingerprint density at radius 1 is 1.24 bits per heavy atom. The van der Waals surface area contributed by atoms with Crippen LogP contribution in [0.2, 0.25) is 0 Å². The molecule has 1 N–H and O–H groups in total. The summed E-state index contributed by atoms with van der Waals surface area (Å²) in [5.74, 6) is -3.41. The highest BCUT2D eigenvalue weighted by Crippen LogP contribution is 2.21. The van der Waals surface area contributed by atoms with Gasteiger partial charge in [0.25, 0.3) is 5.91 Å². The molecule has 1 amide bonds. The quantitative estimate of drug-likeness (QED) is 0.775. The molecule has 0 spiro atoms. The van der Waals surface area contributed by atoms with Crippen LogP contribution in [-0.4, -0.2) is 35.5 Å². The van der Waals surface area contributed by atoms with Crippen molar-refractivity contribution in [2.45, 2.75) is 19.6 Å².